The van der Waals surface area contributed by atoms with Gasteiger partial charge in [-0.3, -0.25) is 4.79 Å². The van der Waals surface area contributed by atoms with Crippen molar-refractivity contribution in [1.82, 2.24) is 5.32 Å². The summed E-state index contributed by atoms with van der Waals surface area (Å²) in [7, 11) is 3.04. The van der Waals surface area contributed by atoms with Gasteiger partial charge < -0.3 is 24.3 Å². The van der Waals surface area contributed by atoms with Gasteiger partial charge in [0.25, 0.3) is 5.91 Å². The number of rotatable bonds is 10. The summed E-state index contributed by atoms with van der Waals surface area (Å²) in [6, 6.07) is 11.9. The first kappa shape index (κ1) is 20.8. The first-order chi connectivity index (χ1) is 13.6. The van der Waals surface area contributed by atoms with E-state index in [1.807, 2.05) is 24.3 Å². The number of hydrogen-bond acceptors (Lipinski definition) is 6. The van der Waals surface area contributed by atoms with E-state index in [9.17, 15) is 9.59 Å². The third-order valence-electron chi connectivity index (χ3n) is 3.71. The number of methoxy groups -OCH3 is 2. The van der Waals surface area contributed by atoms with E-state index in [2.05, 4.69) is 11.9 Å². The quantitative estimate of drug-likeness (QED) is 0.500. The highest BCUT2D eigenvalue weighted by molar-refractivity contribution is 5.92. The zero-order valence-electron chi connectivity index (χ0n) is 15.9. The third-order valence-corrected chi connectivity index (χ3v) is 3.71. The van der Waals surface area contributed by atoms with E-state index in [-0.39, 0.29) is 12.2 Å². The maximum Gasteiger partial charge on any atom is 0.338 e. The van der Waals surface area contributed by atoms with Crippen molar-refractivity contribution in [1.29, 1.82) is 0 Å². The minimum atomic E-state index is -0.634. The number of benzene rings is 2. The van der Waals surface area contributed by atoms with Gasteiger partial charge in [-0.05, 0) is 35.9 Å². The van der Waals surface area contributed by atoms with Gasteiger partial charge >= 0.3 is 5.97 Å². The largest absolute Gasteiger partial charge is 0.497 e. The van der Waals surface area contributed by atoms with Crippen LogP contribution in [0, 0.1) is 0 Å². The zero-order valence-corrected chi connectivity index (χ0v) is 15.9. The van der Waals surface area contributed by atoms with Crippen LogP contribution < -0.4 is 19.5 Å². The number of hydrogen-bond donors (Lipinski definition) is 1. The summed E-state index contributed by atoms with van der Waals surface area (Å²) in [5.41, 5.74) is 1.13. The van der Waals surface area contributed by atoms with E-state index in [0.717, 1.165) is 5.56 Å². The topological polar surface area (TPSA) is 83.1 Å². The molecule has 0 spiro atoms. The van der Waals surface area contributed by atoms with Crippen molar-refractivity contribution in [2.24, 2.45) is 0 Å². The minimum Gasteiger partial charge on any atom is -0.497 e. The third kappa shape index (κ3) is 6.05. The number of ether oxygens (including phenoxy) is 4. The second kappa shape index (κ2) is 10.6. The predicted octanol–water partition coefficient (Wildman–Crippen LogP) is 2.74. The Morgan fingerprint density at radius 1 is 1.07 bits per heavy atom. The predicted molar refractivity (Wildman–Crippen MR) is 104 cm³/mol. The van der Waals surface area contributed by atoms with Gasteiger partial charge in [-0.1, -0.05) is 24.8 Å². The van der Waals surface area contributed by atoms with Crippen molar-refractivity contribution in [2.45, 2.75) is 6.54 Å². The van der Waals surface area contributed by atoms with Crippen LogP contribution >= 0.6 is 0 Å². The second-order valence-corrected chi connectivity index (χ2v) is 5.67. The molecule has 0 aliphatic carbocycles. The van der Waals surface area contributed by atoms with E-state index in [4.69, 9.17) is 18.9 Å². The Bertz CT molecular complexity index is 833. The van der Waals surface area contributed by atoms with Crippen LogP contribution in [0.15, 0.2) is 55.1 Å². The number of carbonyl (C=O) groups is 2. The summed E-state index contributed by atoms with van der Waals surface area (Å²) in [6.45, 7) is 3.80. The Morgan fingerprint density at radius 3 is 2.61 bits per heavy atom. The van der Waals surface area contributed by atoms with Gasteiger partial charge in [-0.2, -0.15) is 0 Å². The van der Waals surface area contributed by atoms with Crippen LogP contribution in [-0.2, 0) is 16.1 Å². The molecular weight excluding hydrogens is 362 g/mol. The molecule has 2 rings (SSSR count). The molecule has 0 fully saturated rings. The molecule has 0 aliphatic heterocycles. The van der Waals surface area contributed by atoms with Gasteiger partial charge in [0.1, 0.15) is 12.4 Å². The van der Waals surface area contributed by atoms with Gasteiger partial charge in [-0.15, -0.1) is 0 Å². The molecule has 7 heteroatoms. The molecule has 0 aliphatic rings. The standard InChI is InChI=1S/C21H23NO6/c1-4-10-27-18-9-8-16(12-19(18)26-3)21(24)28-14-20(23)22-13-15-6-5-7-17(11-15)25-2/h4-9,11-12H,1,10,13-14H2,2-3H3,(H,22,23). The van der Waals surface area contributed by atoms with Gasteiger partial charge in [0.15, 0.2) is 18.1 Å². The fraction of sp³-hybridized carbons (Fsp3) is 0.238. The summed E-state index contributed by atoms with van der Waals surface area (Å²) in [5, 5.41) is 2.69. The number of esters is 1. The van der Waals surface area contributed by atoms with E-state index in [0.29, 0.717) is 30.4 Å². The number of nitrogens with one attached hydrogen (secondary N) is 1. The SMILES string of the molecule is C=CCOc1ccc(C(=O)OCC(=O)NCc2cccc(OC)c2)cc1OC. The van der Waals surface area contributed by atoms with Crippen molar-refractivity contribution in [3.05, 3.63) is 66.2 Å². The Balaban J connectivity index is 1.86. The van der Waals surface area contributed by atoms with Gasteiger partial charge in [-0.25, -0.2) is 4.79 Å². The van der Waals surface area contributed by atoms with E-state index in [1.165, 1.54) is 19.2 Å². The van der Waals surface area contributed by atoms with Crippen molar-refractivity contribution < 1.29 is 28.5 Å². The average molecular weight is 385 g/mol. The van der Waals surface area contributed by atoms with Crippen LogP contribution in [0.4, 0.5) is 0 Å². The van der Waals surface area contributed by atoms with Crippen LogP contribution in [-0.4, -0.2) is 39.3 Å². The minimum absolute atomic E-state index is 0.253. The Kier molecular flexibility index (Phi) is 7.90. The van der Waals surface area contributed by atoms with E-state index in [1.54, 1.807) is 19.3 Å². The van der Waals surface area contributed by atoms with Gasteiger partial charge in [0.2, 0.25) is 0 Å². The molecule has 148 valence electrons. The van der Waals surface area contributed by atoms with Gasteiger partial charge in [0.05, 0.1) is 19.8 Å². The van der Waals surface area contributed by atoms with Gasteiger partial charge in [0, 0.05) is 6.54 Å². The highest BCUT2D eigenvalue weighted by Gasteiger charge is 2.14. The number of amides is 1. The summed E-state index contributed by atoms with van der Waals surface area (Å²) < 4.78 is 20.8. The molecule has 2 aromatic rings. The van der Waals surface area contributed by atoms with Crippen molar-refractivity contribution >= 4 is 11.9 Å². The van der Waals surface area contributed by atoms with Crippen LogP contribution in [0.3, 0.4) is 0 Å². The van der Waals surface area contributed by atoms with Crippen LogP contribution in [0.25, 0.3) is 0 Å². The second-order valence-electron chi connectivity index (χ2n) is 5.67. The molecule has 0 saturated carbocycles. The Labute approximate surface area is 163 Å². The maximum atomic E-state index is 12.2. The molecule has 0 bridgehead atoms. The lowest BCUT2D eigenvalue weighted by molar-refractivity contribution is -0.124. The van der Waals surface area contributed by atoms with Crippen LogP contribution in [0.5, 0.6) is 17.2 Å². The molecule has 0 radical (unpaired) electrons. The lowest BCUT2D eigenvalue weighted by Gasteiger charge is -2.11. The maximum absolute atomic E-state index is 12.2. The molecule has 1 N–H and O–H groups in total. The normalized spacial score (nSPS) is 9.93. The molecular formula is C21H23NO6. The molecule has 0 heterocycles. The first-order valence-electron chi connectivity index (χ1n) is 8.56. The van der Waals surface area contributed by atoms with Crippen LogP contribution in [0.2, 0.25) is 0 Å². The van der Waals surface area contributed by atoms with Crippen molar-refractivity contribution in [3.63, 3.8) is 0 Å². The molecule has 0 unspecified atom stereocenters. The van der Waals surface area contributed by atoms with Crippen molar-refractivity contribution in [2.75, 3.05) is 27.4 Å². The Morgan fingerprint density at radius 2 is 1.89 bits per heavy atom. The first-order valence-corrected chi connectivity index (χ1v) is 8.56. The fourth-order valence-electron chi connectivity index (χ4n) is 2.31. The molecule has 1 amide bonds. The highest BCUT2D eigenvalue weighted by Crippen LogP contribution is 2.28. The monoisotopic (exact) mass is 385 g/mol. The lowest BCUT2D eigenvalue weighted by Crippen LogP contribution is -2.28. The van der Waals surface area contributed by atoms with Crippen LogP contribution in [0.1, 0.15) is 15.9 Å². The van der Waals surface area contributed by atoms with E-state index >= 15 is 0 Å². The smallest absolute Gasteiger partial charge is 0.338 e. The highest BCUT2D eigenvalue weighted by atomic mass is 16.5. The summed E-state index contributed by atoms with van der Waals surface area (Å²) in [4.78, 5) is 24.1. The van der Waals surface area contributed by atoms with Crippen molar-refractivity contribution in [3.8, 4) is 17.2 Å². The molecule has 2 aromatic carbocycles. The zero-order chi connectivity index (χ0) is 20.4. The average Bonchev–Trinajstić information content (AvgIpc) is 2.74. The molecule has 0 aromatic heterocycles. The Hall–Kier alpha value is -3.48. The molecule has 0 saturated heterocycles. The molecule has 0 atom stereocenters. The number of carbonyl (C=O) groups excluding carboxylic acids is 2. The molecule has 28 heavy (non-hydrogen) atoms. The summed E-state index contributed by atoms with van der Waals surface area (Å²) in [5.74, 6) is 0.528. The lowest BCUT2D eigenvalue weighted by atomic mass is 10.2. The summed E-state index contributed by atoms with van der Waals surface area (Å²) >= 11 is 0. The van der Waals surface area contributed by atoms with E-state index < -0.39 is 11.9 Å². The fourth-order valence-corrected chi connectivity index (χ4v) is 2.31. The summed E-state index contributed by atoms with van der Waals surface area (Å²) in [6.07, 6.45) is 1.60. The molecule has 7 nitrogen and oxygen atoms in total.